The first kappa shape index (κ1) is 19.3. The molecule has 0 aliphatic carbocycles. The van der Waals surface area contributed by atoms with Crippen LogP contribution in [0, 0.1) is 0 Å². The second-order valence-corrected chi connectivity index (χ2v) is 7.03. The number of ether oxygens (including phenoxy) is 2. The van der Waals surface area contributed by atoms with Crippen LogP contribution in [0.5, 0.6) is 11.5 Å². The smallest absolute Gasteiger partial charge is 0.143 e. The summed E-state index contributed by atoms with van der Waals surface area (Å²) in [6.07, 6.45) is 5.37. The van der Waals surface area contributed by atoms with Crippen molar-refractivity contribution in [2.24, 2.45) is 7.05 Å². The monoisotopic (exact) mass is 429 g/mol. The fourth-order valence-electron chi connectivity index (χ4n) is 2.92. The third kappa shape index (κ3) is 3.66. The van der Waals surface area contributed by atoms with E-state index in [-0.39, 0.29) is 0 Å². The summed E-state index contributed by atoms with van der Waals surface area (Å²) in [5.74, 6) is 0.907. The molecule has 2 aromatic heterocycles. The molecule has 0 amide bonds. The van der Waals surface area contributed by atoms with Crippen molar-refractivity contribution in [3.63, 3.8) is 0 Å². The van der Waals surface area contributed by atoms with Gasteiger partial charge in [-0.05, 0) is 18.2 Å². The number of halogens is 2. The summed E-state index contributed by atoms with van der Waals surface area (Å²) in [5.41, 5.74) is 4.35. The first-order valence-electron chi connectivity index (χ1n) is 8.63. The number of methoxy groups -OCH3 is 2. The molecular formula is C20H17Cl2N5O2. The Kier molecular flexibility index (Phi) is 5.17. The Balaban J connectivity index is 1.75. The fraction of sp³-hybridized carbons (Fsp3) is 0.150. The predicted molar refractivity (Wildman–Crippen MR) is 115 cm³/mol. The summed E-state index contributed by atoms with van der Waals surface area (Å²) in [7, 11) is 4.92. The summed E-state index contributed by atoms with van der Waals surface area (Å²) >= 11 is 12.9. The molecule has 7 nitrogen and oxygen atoms in total. The molecule has 4 rings (SSSR count). The van der Waals surface area contributed by atoms with Gasteiger partial charge in [-0.1, -0.05) is 23.2 Å². The van der Waals surface area contributed by atoms with Crippen molar-refractivity contribution in [1.82, 2.24) is 19.7 Å². The topological polar surface area (TPSA) is 74.1 Å². The zero-order valence-electron chi connectivity index (χ0n) is 15.9. The highest BCUT2D eigenvalue weighted by Crippen LogP contribution is 2.45. The van der Waals surface area contributed by atoms with Crippen molar-refractivity contribution in [2.45, 2.75) is 0 Å². The quantitative estimate of drug-likeness (QED) is 0.475. The highest BCUT2D eigenvalue weighted by atomic mass is 35.5. The summed E-state index contributed by atoms with van der Waals surface area (Å²) in [5, 5.41) is 8.13. The van der Waals surface area contributed by atoms with Gasteiger partial charge < -0.3 is 14.8 Å². The molecule has 9 heteroatoms. The van der Waals surface area contributed by atoms with E-state index in [1.54, 1.807) is 23.1 Å². The van der Waals surface area contributed by atoms with Gasteiger partial charge in [-0.25, -0.2) is 4.98 Å². The van der Waals surface area contributed by atoms with E-state index in [0.29, 0.717) is 27.2 Å². The number of aryl methyl sites for hydroxylation is 1. The molecule has 0 aliphatic rings. The fourth-order valence-corrected chi connectivity index (χ4v) is 3.52. The molecule has 2 heterocycles. The van der Waals surface area contributed by atoms with Crippen LogP contribution in [0.2, 0.25) is 10.0 Å². The Morgan fingerprint density at radius 2 is 1.69 bits per heavy atom. The number of hydrogen-bond donors (Lipinski definition) is 1. The molecule has 4 aromatic rings. The van der Waals surface area contributed by atoms with Gasteiger partial charge in [0, 0.05) is 30.6 Å². The molecule has 0 unspecified atom stereocenters. The van der Waals surface area contributed by atoms with Crippen molar-refractivity contribution in [3.05, 3.63) is 52.9 Å². The van der Waals surface area contributed by atoms with Crippen LogP contribution in [0.15, 0.2) is 42.9 Å². The average Bonchev–Trinajstić information content (AvgIpc) is 3.17. The number of benzene rings is 2. The summed E-state index contributed by atoms with van der Waals surface area (Å²) in [6.45, 7) is 0. The Morgan fingerprint density at radius 3 is 2.31 bits per heavy atom. The Labute approximate surface area is 177 Å². The molecule has 0 saturated carbocycles. The number of nitrogens with one attached hydrogen (secondary N) is 1. The second kappa shape index (κ2) is 7.77. The number of hydrogen-bond acceptors (Lipinski definition) is 6. The molecule has 0 radical (unpaired) electrons. The zero-order chi connectivity index (χ0) is 20.5. The maximum Gasteiger partial charge on any atom is 0.143 e. The van der Waals surface area contributed by atoms with Crippen LogP contribution in [-0.4, -0.2) is 34.0 Å². The lowest BCUT2D eigenvalue weighted by molar-refractivity contribution is 0.395. The summed E-state index contributed by atoms with van der Waals surface area (Å²) in [4.78, 5) is 9.19. The van der Waals surface area contributed by atoms with Crippen LogP contribution >= 0.6 is 23.2 Å². The summed E-state index contributed by atoms with van der Waals surface area (Å²) < 4.78 is 12.4. The van der Waals surface area contributed by atoms with Gasteiger partial charge in [0.25, 0.3) is 0 Å². The second-order valence-electron chi connectivity index (χ2n) is 6.27. The molecule has 0 fully saturated rings. The van der Waals surface area contributed by atoms with Gasteiger partial charge in [-0.3, -0.25) is 9.67 Å². The number of rotatable bonds is 5. The molecule has 0 bridgehead atoms. The molecule has 148 valence electrons. The largest absolute Gasteiger partial charge is 0.495 e. The molecule has 0 spiro atoms. The molecular weight excluding hydrogens is 413 g/mol. The van der Waals surface area contributed by atoms with Gasteiger partial charge >= 0.3 is 0 Å². The minimum atomic E-state index is 0.355. The standard InChI is InChI=1S/C20H17Cl2N5O2/c1-27-10-11(8-24-27)15-9-23-13-5-4-12(6-14(13)26-15)25-20-18(21)16(28-2)7-17(29-3)19(20)22/h4-10,25H,1-3H3. The highest BCUT2D eigenvalue weighted by molar-refractivity contribution is 6.41. The maximum absolute atomic E-state index is 6.45. The van der Waals surface area contributed by atoms with Crippen molar-refractivity contribution >= 4 is 45.6 Å². The Bertz CT molecular complexity index is 1180. The van der Waals surface area contributed by atoms with Crippen LogP contribution in [0.1, 0.15) is 0 Å². The van der Waals surface area contributed by atoms with Gasteiger partial charge in [0.2, 0.25) is 0 Å². The SMILES string of the molecule is COc1cc(OC)c(Cl)c(Nc2ccc3ncc(-c4cnn(C)c4)nc3c2)c1Cl. The zero-order valence-corrected chi connectivity index (χ0v) is 17.4. The van der Waals surface area contributed by atoms with Gasteiger partial charge in [0.15, 0.2) is 0 Å². The lowest BCUT2D eigenvalue weighted by Crippen LogP contribution is -1.98. The number of nitrogens with zero attached hydrogens (tertiary/aromatic N) is 4. The lowest BCUT2D eigenvalue weighted by Gasteiger charge is -2.16. The van der Waals surface area contributed by atoms with Crippen LogP contribution in [-0.2, 0) is 7.05 Å². The van der Waals surface area contributed by atoms with E-state index in [4.69, 9.17) is 37.7 Å². The van der Waals surface area contributed by atoms with Crippen LogP contribution in [0.3, 0.4) is 0 Å². The number of aromatic nitrogens is 4. The van der Waals surface area contributed by atoms with E-state index in [2.05, 4.69) is 15.4 Å². The molecule has 0 saturated heterocycles. The minimum Gasteiger partial charge on any atom is -0.495 e. The van der Waals surface area contributed by atoms with Gasteiger partial charge in [0.1, 0.15) is 21.5 Å². The third-order valence-corrected chi connectivity index (χ3v) is 5.14. The molecule has 2 aromatic carbocycles. The van der Waals surface area contributed by atoms with Crippen LogP contribution in [0.4, 0.5) is 11.4 Å². The van der Waals surface area contributed by atoms with E-state index in [1.807, 2.05) is 31.4 Å². The van der Waals surface area contributed by atoms with E-state index in [0.717, 1.165) is 28.0 Å². The molecule has 29 heavy (non-hydrogen) atoms. The lowest BCUT2D eigenvalue weighted by atomic mass is 10.2. The van der Waals surface area contributed by atoms with Crippen molar-refractivity contribution < 1.29 is 9.47 Å². The normalized spacial score (nSPS) is 10.9. The Hall–Kier alpha value is -3.03. The number of fused-ring (bicyclic) bond motifs is 1. The van der Waals surface area contributed by atoms with Crippen LogP contribution in [0.25, 0.3) is 22.3 Å². The van der Waals surface area contributed by atoms with E-state index in [9.17, 15) is 0 Å². The first-order valence-corrected chi connectivity index (χ1v) is 9.38. The highest BCUT2D eigenvalue weighted by Gasteiger charge is 2.17. The van der Waals surface area contributed by atoms with Crippen LogP contribution < -0.4 is 14.8 Å². The number of anilines is 2. The summed E-state index contributed by atoms with van der Waals surface area (Å²) in [6, 6.07) is 7.26. The third-order valence-electron chi connectivity index (χ3n) is 4.39. The van der Waals surface area contributed by atoms with Gasteiger partial charge in [0.05, 0.1) is 49.0 Å². The molecule has 0 aliphatic heterocycles. The minimum absolute atomic E-state index is 0.355. The molecule has 0 atom stereocenters. The van der Waals surface area contributed by atoms with E-state index < -0.39 is 0 Å². The Morgan fingerprint density at radius 1 is 0.966 bits per heavy atom. The first-order chi connectivity index (χ1) is 14.0. The average molecular weight is 430 g/mol. The predicted octanol–water partition coefficient (Wildman–Crippen LogP) is 5.10. The van der Waals surface area contributed by atoms with Gasteiger partial charge in [-0.15, -0.1) is 0 Å². The van der Waals surface area contributed by atoms with E-state index in [1.165, 1.54) is 14.2 Å². The van der Waals surface area contributed by atoms with Crippen molar-refractivity contribution in [1.29, 1.82) is 0 Å². The van der Waals surface area contributed by atoms with Crippen molar-refractivity contribution in [3.8, 4) is 22.8 Å². The van der Waals surface area contributed by atoms with E-state index >= 15 is 0 Å². The van der Waals surface area contributed by atoms with Crippen molar-refractivity contribution in [2.75, 3.05) is 19.5 Å². The maximum atomic E-state index is 6.45. The van der Waals surface area contributed by atoms with Gasteiger partial charge in [-0.2, -0.15) is 5.10 Å². The molecule has 1 N–H and O–H groups in total.